The Bertz CT molecular complexity index is 821. The van der Waals surface area contributed by atoms with Crippen LogP contribution in [0.15, 0.2) is 104 Å². The molecule has 0 aromatic heterocycles. The van der Waals surface area contributed by atoms with Gasteiger partial charge in [0, 0.05) is 11.4 Å². The summed E-state index contributed by atoms with van der Waals surface area (Å²) in [5.41, 5.74) is 5.22. The normalized spacial score (nSPS) is 10.9. The fourth-order valence-corrected chi connectivity index (χ4v) is 2.47. The zero-order valence-electron chi connectivity index (χ0n) is 13.4. The summed E-state index contributed by atoms with van der Waals surface area (Å²) in [4.78, 5) is 0. The Labute approximate surface area is 143 Å². The summed E-state index contributed by atoms with van der Waals surface area (Å²) in [6.07, 6.45) is 3.78. The van der Waals surface area contributed by atoms with Crippen molar-refractivity contribution in [1.29, 1.82) is 0 Å². The van der Waals surface area contributed by atoms with Gasteiger partial charge in [0.15, 0.2) is 0 Å². The zero-order chi connectivity index (χ0) is 16.6. The van der Waals surface area contributed by atoms with E-state index in [2.05, 4.69) is 53.6 Å². The summed E-state index contributed by atoms with van der Waals surface area (Å²) in [5, 5.41) is 6.97. The lowest BCUT2D eigenvalue weighted by Gasteiger charge is -2.16. The summed E-state index contributed by atoms with van der Waals surface area (Å²) in [7, 11) is 0. The fraction of sp³-hybridized carbons (Fsp3) is 0. The molecule has 0 atom stereocenters. The molecule has 0 amide bonds. The molecule has 3 aromatic carbocycles. The molecular weight excluding hydrogens is 292 g/mol. The summed E-state index contributed by atoms with van der Waals surface area (Å²) in [6.45, 7) is 3.83. The average molecular weight is 312 g/mol. The Morgan fingerprint density at radius 2 is 1.29 bits per heavy atom. The second kappa shape index (κ2) is 7.84. The van der Waals surface area contributed by atoms with Crippen molar-refractivity contribution in [3.8, 4) is 0 Å². The van der Waals surface area contributed by atoms with Crippen LogP contribution in [0.3, 0.4) is 0 Å². The van der Waals surface area contributed by atoms with E-state index >= 15 is 0 Å². The topological polar surface area (TPSA) is 24.1 Å². The molecule has 2 N–H and O–H groups in total. The molecule has 0 heterocycles. The van der Waals surface area contributed by atoms with Crippen molar-refractivity contribution in [3.63, 3.8) is 0 Å². The summed E-state index contributed by atoms with van der Waals surface area (Å²) < 4.78 is 0. The molecule has 3 aromatic rings. The lowest BCUT2D eigenvalue weighted by atomic mass is 10.1. The number of allylic oxidation sites excluding steroid dienone is 2. The molecule has 24 heavy (non-hydrogen) atoms. The minimum absolute atomic E-state index is 1.01. The molecule has 0 spiro atoms. The predicted octanol–water partition coefficient (Wildman–Crippen LogP) is 6.07. The molecule has 118 valence electrons. The van der Waals surface area contributed by atoms with Crippen LogP contribution in [0.25, 0.3) is 5.70 Å². The first-order chi connectivity index (χ1) is 11.9. The first kappa shape index (κ1) is 15.6. The van der Waals surface area contributed by atoms with Gasteiger partial charge in [-0.25, -0.2) is 0 Å². The highest BCUT2D eigenvalue weighted by Gasteiger charge is 2.05. The molecule has 0 aliphatic carbocycles. The van der Waals surface area contributed by atoms with Gasteiger partial charge in [0.2, 0.25) is 0 Å². The fourth-order valence-electron chi connectivity index (χ4n) is 2.47. The predicted molar refractivity (Wildman–Crippen MR) is 104 cm³/mol. The highest BCUT2D eigenvalue weighted by molar-refractivity contribution is 5.85. The Morgan fingerprint density at radius 1 is 0.708 bits per heavy atom. The summed E-state index contributed by atoms with van der Waals surface area (Å²) >= 11 is 0. The maximum Gasteiger partial charge on any atom is 0.0623 e. The minimum atomic E-state index is 1.01. The second-order valence-corrected chi connectivity index (χ2v) is 5.34. The maximum atomic E-state index is 3.83. The number of nitrogens with one attached hydrogen (secondary N) is 2. The molecule has 0 aliphatic rings. The monoisotopic (exact) mass is 312 g/mol. The lowest BCUT2D eigenvalue weighted by molar-refractivity contribution is 1.50. The van der Waals surface area contributed by atoms with E-state index in [-0.39, 0.29) is 0 Å². The number of anilines is 3. The first-order valence-corrected chi connectivity index (χ1v) is 7.93. The Hall–Kier alpha value is -3.26. The van der Waals surface area contributed by atoms with Crippen molar-refractivity contribution >= 4 is 22.8 Å². The highest BCUT2D eigenvalue weighted by Crippen LogP contribution is 2.28. The molecule has 3 rings (SSSR count). The van der Waals surface area contributed by atoms with Crippen LogP contribution in [0.5, 0.6) is 0 Å². The molecule has 0 radical (unpaired) electrons. The van der Waals surface area contributed by atoms with Crippen molar-refractivity contribution in [2.45, 2.75) is 0 Å². The first-order valence-electron chi connectivity index (χ1n) is 7.93. The molecular formula is C22H20N2. The summed E-state index contributed by atoms with van der Waals surface area (Å²) in [5.74, 6) is 0. The van der Waals surface area contributed by atoms with Crippen LogP contribution in [0, 0.1) is 0 Å². The quantitative estimate of drug-likeness (QED) is 0.540. The molecule has 0 saturated heterocycles. The van der Waals surface area contributed by atoms with Crippen molar-refractivity contribution in [2.75, 3.05) is 10.6 Å². The van der Waals surface area contributed by atoms with E-state index in [1.54, 1.807) is 6.08 Å². The molecule has 0 fully saturated rings. The van der Waals surface area contributed by atoms with Gasteiger partial charge in [-0.15, -0.1) is 0 Å². The molecule has 0 unspecified atom stereocenters. The Kier molecular flexibility index (Phi) is 5.10. The number of rotatable bonds is 6. The van der Waals surface area contributed by atoms with E-state index in [0.717, 1.165) is 28.3 Å². The van der Waals surface area contributed by atoms with Gasteiger partial charge in [-0.2, -0.15) is 0 Å². The van der Waals surface area contributed by atoms with Crippen LogP contribution in [-0.2, 0) is 0 Å². The third kappa shape index (κ3) is 3.93. The zero-order valence-corrected chi connectivity index (χ0v) is 13.4. The Morgan fingerprint density at radius 3 is 1.96 bits per heavy atom. The SMILES string of the molecule is C=CC=C(Nc1ccccc1Nc1ccccc1)c1ccccc1. The third-order valence-electron chi connectivity index (χ3n) is 3.62. The van der Waals surface area contributed by atoms with Crippen LogP contribution in [0.1, 0.15) is 5.56 Å². The number of hydrogen-bond acceptors (Lipinski definition) is 2. The second-order valence-electron chi connectivity index (χ2n) is 5.34. The Balaban J connectivity index is 1.89. The van der Waals surface area contributed by atoms with Gasteiger partial charge in [-0.3, -0.25) is 0 Å². The molecule has 2 nitrogen and oxygen atoms in total. The van der Waals surface area contributed by atoms with Gasteiger partial charge in [-0.1, -0.05) is 73.3 Å². The van der Waals surface area contributed by atoms with Crippen LogP contribution in [0.2, 0.25) is 0 Å². The summed E-state index contributed by atoms with van der Waals surface area (Å²) in [6, 6.07) is 28.5. The van der Waals surface area contributed by atoms with Crippen molar-refractivity contribution in [1.82, 2.24) is 0 Å². The van der Waals surface area contributed by atoms with Gasteiger partial charge in [0.05, 0.1) is 11.4 Å². The number of hydrogen-bond donors (Lipinski definition) is 2. The molecule has 0 bridgehead atoms. The molecule has 2 heteroatoms. The van der Waals surface area contributed by atoms with Crippen LogP contribution in [0.4, 0.5) is 17.1 Å². The van der Waals surface area contributed by atoms with E-state index in [1.165, 1.54) is 0 Å². The van der Waals surface area contributed by atoms with Crippen LogP contribution < -0.4 is 10.6 Å². The van der Waals surface area contributed by atoms with Gasteiger partial charge in [-0.05, 0) is 35.9 Å². The smallest absolute Gasteiger partial charge is 0.0623 e. The molecule has 0 saturated carbocycles. The number of benzene rings is 3. The lowest BCUT2D eigenvalue weighted by Crippen LogP contribution is -2.02. The van der Waals surface area contributed by atoms with Crippen molar-refractivity contribution in [3.05, 3.63) is 109 Å². The van der Waals surface area contributed by atoms with Gasteiger partial charge >= 0.3 is 0 Å². The van der Waals surface area contributed by atoms with Gasteiger partial charge in [0.1, 0.15) is 0 Å². The van der Waals surface area contributed by atoms with Crippen LogP contribution >= 0.6 is 0 Å². The van der Waals surface area contributed by atoms with Crippen molar-refractivity contribution < 1.29 is 0 Å². The number of para-hydroxylation sites is 3. The highest BCUT2D eigenvalue weighted by atomic mass is 15.0. The van der Waals surface area contributed by atoms with Crippen molar-refractivity contribution in [2.24, 2.45) is 0 Å². The van der Waals surface area contributed by atoms with E-state index in [4.69, 9.17) is 0 Å². The minimum Gasteiger partial charge on any atom is -0.354 e. The van der Waals surface area contributed by atoms with E-state index in [1.807, 2.05) is 54.6 Å². The average Bonchev–Trinajstić information content (AvgIpc) is 2.64. The van der Waals surface area contributed by atoms with Gasteiger partial charge in [0.25, 0.3) is 0 Å². The molecule has 0 aliphatic heterocycles. The third-order valence-corrected chi connectivity index (χ3v) is 3.62. The van der Waals surface area contributed by atoms with E-state index < -0.39 is 0 Å². The van der Waals surface area contributed by atoms with Crippen LogP contribution in [-0.4, -0.2) is 0 Å². The largest absolute Gasteiger partial charge is 0.354 e. The standard InChI is InChI=1S/C22H20N2/c1-2-11-20(18-12-5-3-6-13-18)24-22-17-10-9-16-21(22)23-19-14-7-4-8-15-19/h2-17,23-24H,1H2. The van der Waals surface area contributed by atoms with Gasteiger partial charge < -0.3 is 10.6 Å². The van der Waals surface area contributed by atoms with E-state index in [9.17, 15) is 0 Å². The van der Waals surface area contributed by atoms with E-state index in [0.29, 0.717) is 0 Å². The maximum absolute atomic E-state index is 3.83.